The molecule has 1 saturated heterocycles. The summed E-state index contributed by atoms with van der Waals surface area (Å²) >= 11 is 7.91. The zero-order valence-corrected chi connectivity index (χ0v) is 39.9. The number of rotatable bonds is 18. The molecule has 0 bridgehead atoms. The smallest absolute Gasteiger partial charge is 0.251 e. The molecule has 3 atom stereocenters. The van der Waals surface area contributed by atoms with Gasteiger partial charge in [-0.2, -0.15) is 5.26 Å². The number of ether oxygens (including phenoxy) is 2. The van der Waals surface area contributed by atoms with Crippen LogP contribution in [0.25, 0.3) is 10.4 Å². The van der Waals surface area contributed by atoms with Crippen molar-refractivity contribution in [2.75, 3.05) is 26.4 Å². The third-order valence-corrected chi connectivity index (χ3v) is 13.8. The molecule has 4 amide bonds. The van der Waals surface area contributed by atoms with E-state index in [1.165, 1.54) is 4.90 Å². The van der Waals surface area contributed by atoms with Gasteiger partial charge in [-0.1, -0.05) is 90.4 Å². The maximum Gasteiger partial charge on any atom is 0.251 e. The molecular formula is C50H61ClN6O7S. The standard InChI is InChI=1S/C50H61ClN6O7S/c1-48(2,3)43(46(62)57-28-36(58)24-39(57)45(61)54-26-31-11-13-32(14-12-31)40-27-53-30-65-40)55-41(59)29-63-21-9-8-10-22-64-37-19-17-33(18-20-37)44(60)56-47-49(4,5)42(50(47,6)7)34-15-16-35(25-52)38(51)23-34/h11-20,23,27,30,36,39,42-43,47,58H,8-10,21-22,24,26,28-29H2,1-7H3,(H,54,61)(H,55,59)(H,56,60)/t36-,39+,42-,43-,47-/m1/s1. The second kappa shape index (κ2) is 20.9. The van der Waals surface area contributed by atoms with Crippen molar-refractivity contribution in [1.82, 2.24) is 25.8 Å². The van der Waals surface area contributed by atoms with Crippen molar-refractivity contribution in [3.63, 3.8) is 0 Å². The van der Waals surface area contributed by atoms with Crippen LogP contribution >= 0.6 is 22.9 Å². The number of aliphatic hydroxyl groups excluding tert-OH is 1. The van der Waals surface area contributed by atoms with Crippen LogP contribution in [-0.2, 0) is 25.7 Å². The van der Waals surface area contributed by atoms with E-state index in [9.17, 15) is 29.5 Å². The fourth-order valence-corrected chi connectivity index (χ4v) is 10.6. The lowest BCUT2D eigenvalue weighted by atomic mass is 9.43. The van der Waals surface area contributed by atoms with Crippen molar-refractivity contribution in [1.29, 1.82) is 5.26 Å². The van der Waals surface area contributed by atoms with Crippen LogP contribution < -0.4 is 20.7 Å². The van der Waals surface area contributed by atoms with Gasteiger partial charge in [0.25, 0.3) is 5.91 Å². The number of nitrogens with one attached hydrogen (secondary N) is 3. The quantitative estimate of drug-likeness (QED) is 0.0729. The number of β-amino-alcohol motifs (C(OH)–C–C–N with tert-alkyl or cyclic N) is 1. The predicted molar refractivity (Wildman–Crippen MR) is 251 cm³/mol. The molecule has 1 aromatic heterocycles. The second-order valence-electron chi connectivity index (χ2n) is 19.4. The number of carbonyl (C=O) groups is 4. The molecule has 13 nitrogen and oxygen atoms in total. The molecule has 1 aliphatic carbocycles. The lowest BCUT2D eigenvalue weighted by Crippen LogP contribution is -2.68. The first-order chi connectivity index (χ1) is 30.8. The Balaban J connectivity index is 0.882. The van der Waals surface area contributed by atoms with Crippen LogP contribution in [0.15, 0.2) is 78.4 Å². The minimum atomic E-state index is -0.949. The number of carbonyl (C=O) groups excluding carboxylic acids is 4. The van der Waals surface area contributed by atoms with Gasteiger partial charge in [-0.25, -0.2) is 0 Å². The number of halogens is 1. The van der Waals surface area contributed by atoms with Gasteiger partial charge in [0, 0.05) is 43.9 Å². The van der Waals surface area contributed by atoms with Gasteiger partial charge in [-0.05, 0) is 94.5 Å². The maximum atomic E-state index is 13.9. The van der Waals surface area contributed by atoms with Gasteiger partial charge in [-0.3, -0.25) is 24.2 Å². The van der Waals surface area contributed by atoms with E-state index in [1.54, 1.807) is 53.4 Å². The summed E-state index contributed by atoms with van der Waals surface area (Å²) in [5, 5.41) is 29.3. The minimum absolute atomic E-state index is 0.00982. The molecule has 0 unspecified atom stereocenters. The second-order valence-corrected chi connectivity index (χ2v) is 20.7. The van der Waals surface area contributed by atoms with E-state index < -0.39 is 35.4 Å². The lowest BCUT2D eigenvalue weighted by Gasteiger charge is -2.64. The van der Waals surface area contributed by atoms with Crippen LogP contribution in [0.5, 0.6) is 5.75 Å². The number of aliphatic hydroxyl groups is 1. The van der Waals surface area contributed by atoms with Gasteiger partial charge in [0.1, 0.15) is 30.5 Å². The van der Waals surface area contributed by atoms with E-state index >= 15 is 0 Å². The summed E-state index contributed by atoms with van der Waals surface area (Å²) in [5.74, 6) is -0.620. The van der Waals surface area contributed by atoms with E-state index in [2.05, 4.69) is 54.7 Å². The molecule has 1 aliphatic heterocycles. The molecule has 65 heavy (non-hydrogen) atoms. The Morgan fingerprint density at radius 2 is 1.68 bits per heavy atom. The van der Waals surface area contributed by atoms with Crippen LogP contribution in [0, 0.1) is 27.6 Å². The van der Waals surface area contributed by atoms with Crippen molar-refractivity contribution in [3.05, 3.63) is 106 Å². The van der Waals surface area contributed by atoms with Gasteiger partial charge in [-0.15, -0.1) is 11.3 Å². The van der Waals surface area contributed by atoms with Crippen LogP contribution in [0.4, 0.5) is 0 Å². The van der Waals surface area contributed by atoms with Gasteiger partial charge < -0.3 is 35.4 Å². The summed E-state index contributed by atoms with van der Waals surface area (Å²) in [6.07, 6.45) is 3.29. The third-order valence-electron chi connectivity index (χ3n) is 12.7. The molecule has 4 N–H and O–H groups in total. The molecule has 346 valence electrons. The van der Waals surface area contributed by atoms with E-state index in [-0.39, 0.29) is 60.7 Å². The van der Waals surface area contributed by atoms with E-state index in [0.29, 0.717) is 41.5 Å². The van der Waals surface area contributed by atoms with E-state index in [4.69, 9.17) is 21.1 Å². The minimum Gasteiger partial charge on any atom is -0.494 e. The zero-order chi connectivity index (χ0) is 47.1. The Labute approximate surface area is 391 Å². The Hall–Kier alpha value is -5.33. The monoisotopic (exact) mass is 924 g/mol. The van der Waals surface area contributed by atoms with Gasteiger partial charge in [0.05, 0.1) is 33.7 Å². The summed E-state index contributed by atoms with van der Waals surface area (Å²) in [5.41, 5.74) is 4.54. The Kier molecular flexibility index (Phi) is 15.8. The molecule has 6 rings (SSSR count). The number of likely N-dealkylation sites (tertiary alicyclic amines) is 1. The fourth-order valence-electron chi connectivity index (χ4n) is 9.72. The summed E-state index contributed by atoms with van der Waals surface area (Å²) in [6.45, 7) is 14.9. The number of nitriles is 1. The van der Waals surface area contributed by atoms with Crippen molar-refractivity contribution in [3.8, 4) is 22.3 Å². The number of benzene rings is 3. The van der Waals surface area contributed by atoms with E-state index in [1.807, 2.05) is 57.2 Å². The number of amides is 4. The largest absolute Gasteiger partial charge is 0.494 e. The SMILES string of the molecule is CC(C)(C)[C@H](NC(=O)COCCCCCOc1ccc(C(=O)N[C@H]2C(C)(C)[C@H](c3ccc(C#N)c(Cl)c3)C2(C)C)cc1)C(=O)N1C[C@H](O)C[C@H]1C(=O)NCc1ccc(-c2cncs2)cc1. The Bertz CT molecular complexity index is 2320. The molecule has 15 heteroatoms. The molecule has 4 aromatic rings. The Morgan fingerprint density at radius 1 is 0.985 bits per heavy atom. The maximum absolute atomic E-state index is 13.9. The van der Waals surface area contributed by atoms with Gasteiger partial charge in [0.2, 0.25) is 17.7 Å². The highest BCUT2D eigenvalue weighted by Gasteiger charge is 2.62. The Morgan fingerprint density at radius 3 is 2.31 bits per heavy atom. The van der Waals surface area contributed by atoms with Crippen LogP contribution in [0.1, 0.15) is 107 Å². The summed E-state index contributed by atoms with van der Waals surface area (Å²) < 4.78 is 11.6. The molecular weight excluding hydrogens is 864 g/mol. The van der Waals surface area contributed by atoms with Crippen LogP contribution in [0.3, 0.4) is 0 Å². The average molecular weight is 926 g/mol. The first-order valence-electron chi connectivity index (χ1n) is 22.2. The zero-order valence-electron chi connectivity index (χ0n) is 38.3. The van der Waals surface area contributed by atoms with Gasteiger partial charge >= 0.3 is 0 Å². The van der Waals surface area contributed by atoms with Gasteiger partial charge in [0.15, 0.2) is 0 Å². The highest BCUT2D eigenvalue weighted by atomic mass is 35.5. The lowest BCUT2D eigenvalue weighted by molar-refractivity contribution is -0.144. The van der Waals surface area contributed by atoms with Crippen LogP contribution in [-0.4, -0.2) is 89.2 Å². The first kappa shape index (κ1) is 49.1. The highest BCUT2D eigenvalue weighted by Crippen LogP contribution is 2.64. The molecule has 2 heterocycles. The molecule has 2 fully saturated rings. The molecule has 0 spiro atoms. The molecule has 3 aromatic carbocycles. The number of unbranched alkanes of at least 4 members (excludes halogenated alkanes) is 2. The van der Waals surface area contributed by atoms with Crippen molar-refractivity contribution in [2.24, 2.45) is 16.2 Å². The molecule has 0 radical (unpaired) electrons. The number of hydrogen-bond acceptors (Lipinski definition) is 10. The number of nitrogens with zero attached hydrogens (tertiary/aromatic N) is 3. The summed E-state index contributed by atoms with van der Waals surface area (Å²) in [7, 11) is 0. The van der Waals surface area contributed by atoms with Crippen molar-refractivity contribution < 1.29 is 33.8 Å². The normalized spacial score (nSPS) is 20.2. The average Bonchev–Trinajstić information content (AvgIpc) is 3.95. The molecule has 1 saturated carbocycles. The fraction of sp³-hybridized carbons (Fsp3) is 0.480. The molecule has 2 aliphatic rings. The van der Waals surface area contributed by atoms with E-state index in [0.717, 1.165) is 34.4 Å². The summed E-state index contributed by atoms with van der Waals surface area (Å²) in [6, 6.07) is 20.7. The third kappa shape index (κ3) is 11.7. The topological polar surface area (TPSA) is 183 Å². The first-order valence-corrected chi connectivity index (χ1v) is 23.4. The highest BCUT2D eigenvalue weighted by molar-refractivity contribution is 7.13. The summed E-state index contributed by atoms with van der Waals surface area (Å²) in [4.78, 5) is 60.3. The number of hydrogen-bond donors (Lipinski definition) is 4. The van der Waals surface area contributed by atoms with Crippen molar-refractivity contribution in [2.45, 2.75) is 111 Å². The predicted octanol–water partition coefficient (Wildman–Crippen LogP) is 7.66. The van der Waals surface area contributed by atoms with Crippen molar-refractivity contribution >= 4 is 46.6 Å². The van der Waals surface area contributed by atoms with Crippen LogP contribution in [0.2, 0.25) is 5.02 Å². The number of aromatic nitrogens is 1. The number of thiazole rings is 1.